The third-order valence-corrected chi connectivity index (χ3v) is 6.82. The fourth-order valence-electron chi connectivity index (χ4n) is 3.55. The highest BCUT2D eigenvalue weighted by atomic mass is 35.5. The molecular weight excluding hydrogens is 474 g/mol. The average molecular weight is 492 g/mol. The summed E-state index contributed by atoms with van der Waals surface area (Å²) in [5.41, 5.74) is 2.00. The summed E-state index contributed by atoms with van der Waals surface area (Å²) in [5.74, 6) is 0.362. The number of aromatic nitrogens is 4. The average Bonchev–Trinajstić information content (AvgIpc) is 3.45. The van der Waals surface area contributed by atoms with Crippen LogP contribution in [0.5, 0.6) is 0 Å². The van der Waals surface area contributed by atoms with Crippen LogP contribution in [0, 0.1) is 6.92 Å². The molecule has 0 fully saturated rings. The third-order valence-electron chi connectivity index (χ3n) is 5.30. The van der Waals surface area contributed by atoms with Crippen LogP contribution in [0.25, 0.3) is 32.4 Å². The summed E-state index contributed by atoms with van der Waals surface area (Å²) in [4.78, 5) is 35.6. The largest absolute Gasteiger partial charge is 0.350 e. The van der Waals surface area contributed by atoms with Crippen LogP contribution < -0.4 is 10.9 Å². The molecule has 0 saturated heterocycles. The van der Waals surface area contributed by atoms with E-state index in [1.54, 1.807) is 19.1 Å². The number of rotatable bonds is 6. The van der Waals surface area contributed by atoms with Crippen LogP contribution in [0.1, 0.15) is 11.1 Å². The molecule has 8 nitrogen and oxygen atoms in total. The first kappa shape index (κ1) is 22.0. The second-order valence-electron chi connectivity index (χ2n) is 7.58. The predicted octanol–water partition coefficient (Wildman–Crippen LogP) is 4.45. The minimum atomic E-state index is -0.300. The van der Waals surface area contributed by atoms with Gasteiger partial charge >= 0.3 is 0 Å². The van der Waals surface area contributed by atoms with Gasteiger partial charge in [-0.1, -0.05) is 59.2 Å². The Labute approximate surface area is 202 Å². The first-order valence-electron chi connectivity index (χ1n) is 10.4. The Kier molecular flexibility index (Phi) is 5.95. The third kappa shape index (κ3) is 4.23. The molecule has 0 aliphatic rings. The molecule has 0 saturated carbocycles. The van der Waals surface area contributed by atoms with E-state index in [0.717, 1.165) is 5.56 Å². The number of hydrogen-bond donors (Lipinski definition) is 1. The van der Waals surface area contributed by atoms with Crippen LogP contribution in [0.3, 0.4) is 0 Å². The van der Waals surface area contributed by atoms with Crippen LogP contribution in [-0.4, -0.2) is 25.6 Å². The first-order valence-corrected chi connectivity index (χ1v) is 11.6. The summed E-state index contributed by atoms with van der Waals surface area (Å²) in [7, 11) is 0. The molecule has 0 aliphatic carbocycles. The van der Waals surface area contributed by atoms with Crippen molar-refractivity contribution in [2.75, 3.05) is 0 Å². The Morgan fingerprint density at radius 2 is 1.91 bits per heavy atom. The number of halogens is 1. The number of thiophene rings is 1. The van der Waals surface area contributed by atoms with Crippen LogP contribution in [0.2, 0.25) is 5.02 Å². The molecule has 0 spiro atoms. The summed E-state index contributed by atoms with van der Waals surface area (Å²) in [6.07, 6.45) is 1.38. The number of nitrogens with zero attached hydrogens (tertiary/aromatic N) is 4. The molecule has 0 bridgehead atoms. The van der Waals surface area contributed by atoms with Gasteiger partial charge in [0.1, 0.15) is 11.4 Å². The molecule has 0 atom stereocenters. The van der Waals surface area contributed by atoms with Gasteiger partial charge in [0.05, 0.1) is 21.6 Å². The SMILES string of the molecule is Cc1c(-c2nc(-c3ccccc3Cl)no2)sc2ncn(CC(=O)NCc3ccccc3)c(=O)c12. The summed E-state index contributed by atoms with van der Waals surface area (Å²) in [6.45, 7) is 2.06. The minimum absolute atomic E-state index is 0.129. The number of aryl methyl sites for hydroxylation is 1. The predicted molar refractivity (Wildman–Crippen MR) is 131 cm³/mol. The van der Waals surface area contributed by atoms with E-state index in [1.807, 2.05) is 42.5 Å². The van der Waals surface area contributed by atoms with Gasteiger partial charge in [0.2, 0.25) is 11.7 Å². The molecule has 3 heterocycles. The van der Waals surface area contributed by atoms with Gasteiger partial charge < -0.3 is 9.84 Å². The first-order chi connectivity index (χ1) is 16.5. The van der Waals surface area contributed by atoms with Gasteiger partial charge in [0.25, 0.3) is 11.4 Å². The molecular formula is C24H18ClN5O3S. The van der Waals surface area contributed by atoms with Crippen LogP contribution in [0.15, 0.2) is 70.2 Å². The fraction of sp³-hybridized carbons (Fsp3) is 0.125. The standard InChI is InChI=1S/C24H18ClN5O3S/c1-14-19-23(34-20(14)22-28-21(29-33-22)16-9-5-6-10-17(16)25)27-13-30(24(19)32)12-18(31)26-11-15-7-3-2-4-8-15/h2-10,13H,11-12H2,1H3,(H,26,31). The van der Waals surface area contributed by atoms with E-state index in [4.69, 9.17) is 16.1 Å². The Morgan fingerprint density at radius 1 is 1.15 bits per heavy atom. The van der Waals surface area contributed by atoms with E-state index in [1.165, 1.54) is 22.2 Å². The summed E-state index contributed by atoms with van der Waals surface area (Å²) < 4.78 is 6.77. The highest BCUT2D eigenvalue weighted by Gasteiger charge is 2.21. The van der Waals surface area contributed by atoms with Crippen molar-refractivity contribution < 1.29 is 9.32 Å². The van der Waals surface area contributed by atoms with E-state index < -0.39 is 0 Å². The van der Waals surface area contributed by atoms with Crippen molar-refractivity contribution in [2.24, 2.45) is 0 Å². The van der Waals surface area contributed by atoms with Crippen molar-refractivity contribution in [3.05, 3.63) is 87.4 Å². The zero-order valence-electron chi connectivity index (χ0n) is 18.0. The Morgan fingerprint density at radius 3 is 2.71 bits per heavy atom. The molecule has 0 radical (unpaired) electrons. The van der Waals surface area contributed by atoms with Gasteiger partial charge in [0, 0.05) is 12.1 Å². The second-order valence-corrected chi connectivity index (χ2v) is 8.99. The number of carbonyl (C=O) groups is 1. The monoisotopic (exact) mass is 491 g/mol. The molecule has 5 rings (SSSR count). The molecule has 5 aromatic rings. The second kappa shape index (κ2) is 9.20. The number of benzene rings is 2. The van der Waals surface area contributed by atoms with Crippen molar-refractivity contribution in [3.8, 4) is 22.2 Å². The van der Waals surface area contributed by atoms with Crippen LogP contribution in [0.4, 0.5) is 0 Å². The van der Waals surface area contributed by atoms with E-state index in [2.05, 4.69) is 20.4 Å². The van der Waals surface area contributed by atoms with Gasteiger partial charge in [0.15, 0.2) is 0 Å². The topological polar surface area (TPSA) is 103 Å². The van der Waals surface area contributed by atoms with E-state index in [0.29, 0.717) is 43.6 Å². The van der Waals surface area contributed by atoms with Gasteiger partial charge in [-0.25, -0.2) is 4.98 Å². The molecule has 3 aromatic heterocycles. The maximum atomic E-state index is 13.1. The van der Waals surface area contributed by atoms with Gasteiger partial charge in [-0.05, 0) is 30.2 Å². The molecule has 10 heteroatoms. The van der Waals surface area contributed by atoms with Crippen molar-refractivity contribution in [1.82, 2.24) is 25.0 Å². The van der Waals surface area contributed by atoms with E-state index in [-0.39, 0.29) is 23.9 Å². The Hall–Kier alpha value is -3.82. The van der Waals surface area contributed by atoms with E-state index >= 15 is 0 Å². The number of amides is 1. The maximum Gasteiger partial charge on any atom is 0.268 e. The van der Waals surface area contributed by atoms with Crippen LogP contribution in [-0.2, 0) is 17.9 Å². The number of carbonyl (C=O) groups excluding carboxylic acids is 1. The maximum absolute atomic E-state index is 13.1. The lowest BCUT2D eigenvalue weighted by Crippen LogP contribution is -2.32. The fourth-order valence-corrected chi connectivity index (χ4v) is 4.83. The summed E-state index contributed by atoms with van der Waals surface area (Å²) in [5, 5.41) is 7.80. The van der Waals surface area contributed by atoms with Crippen molar-refractivity contribution in [1.29, 1.82) is 0 Å². The zero-order valence-corrected chi connectivity index (χ0v) is 19.6. The van der Waals surface area contributed by atoms with Crippen LogP contribution >= 0.6 is 22.9 Å². The highest BCUT2D eigenvalue weighted by Crippen LogP contribution is 2.36. The normalized spacial score (nSPS) is 11.1. The zero-order chi connectivity index (χ0) is 23.7. The smallest absolute Gasteiger partial charge is 0.268 e. The Bertz CT molecular complexity index is 1560. The lowest BCUT2D eigenvalue weighted by molar-refractivity contribution is -0.121. The molecule has 34 heavy (non-hydrogen) atoms. The van der Waals surface area contributed by atoms with Gasteiger partial charge in [-0.2, -0.15) is 4.98 Å². The number of nitrogens with one attached hydrogen (secondary N) is 1. The lowest BCUT2D eigenvalue weighted by atomic mass is 10.2. The summed E-state index contributed by atoms with van der Waals surface area (Å²) in [6, 6.07) is 16.8. The molecule has 170 valence electrons. The molecule has 1 N–H and O–H groups in total. The molecule has 2 aromatic carbocycles. The molecule has 0 unspecified atom stereocenters. The van der Waals surface area contributed by atoms with Crippen molar-refractivity contribution in [2.45, 2.75) is 20.0 Å². The van der Waals surface area contributed by atoms with Crippen molar-refractivity contribution >= 4 is 39.1 Å². The highest BCUT2D eigenvalue weighted by molar-refractivity contribution is 7.22. The minimum Gasteiger partial charge on any atom is -0.350 e. The lowest BCUT2D eigenvalue weighted by Gasteiger charge is -2.07. The van der Waals surface area contributed by atoms with Crippen molar-refractivity contribution in [3.63, 3.8) is 0 Å². The molecule has 1 amide bonds. The molecule has 0 aliphatic heterocycles. The van der Waals surface area contributed by atoms with Gasteiger partial charge in [-0.3, -0.25) is 14.2 Å². The van der Waals surface area contributed by atoms with E-state index in [9.17, 15) is 9.59 Å². The number of hydrogen-bond acceptors (Lipinski definition) is 7. The number of fused-ring (bicyclic) bond motifs is 1. The quantitative estimate of drug-likeness (QED) is 0.376. The Balaban J connectivity index is 1.41. The summed E-state index contributed by atoms with van der Waals surface area (Å²) >= 11 is 7.53. The van der Waals surface area contributed by atoms with Gasteiger partial charge in [-0.15, -0.1) is 11.3 Å².